The monoisotopic (exact) mass is 337 g/mol. The Balaban J connectivity index is 1.53. The summed E-state index contributed by atoms with van der Waals surface area (Å²) in [4.78, 5) is 31.5. The molecule has 1 saturated carbocycles. The lowest BCUT2D eigenvalue weighted by atomic mass is 9.86. The molecule has 2 amide bonds. The first kappa shape index (κ1) is 17.7. The van der Waals surface area contributed by atoms with Crippen LogP contribution in [0.3, 0.4) is 0 Å². The van der Waals surface area contributed by atoms with Crippen LogP contribution in [0.1, 0.15) is 44.9 Å². The van der Waals surface area contributed by atoms with Gasteiger partial charge in [-0.15, -0.1) is 0 Å². The van der Waals surface area contributed by atoms with E-state index >= 15 is 0 Å². The fourth-order valence-electron chi connectivity index (χ4n) is 4.37. The average Bonchev–Trinajstić information content (AvgIpc) is 2.86. The second-order valence-corrected chi connectivity index (χ2v) is 7.65. The zero-order valence-electron chi connectivity index (χ0n) is 14.8. The molecule has 0 unspecified atom stereocenters. The first-order valence-electron chi connectivity index (χ1n) is 9.52. The van der Waals surface area contributed by atoms with E-state index in [2.05, 4.69) is 4.90 Å². The summed E-state index contributed by atoms with van der Waals surface area (Å²) >= 11 is 0. The molecule has 24 heavy (non-hydrogen) atoms. The smallest absolute Gasteiger partial charge is 0.239 e. The molecule has 0 bridgehead atoms. The molecule has 0 spiro atoms. The van der Waals surface area contributed by atoms with E-state index in [4.69, 9.17) is 0 Å². The van der Waals surface area contributed by atoms with Crippen LogP contribution in [0.25, 0.3) is 0 Å². The summed E-state index contributed by atoms with van der Waals surface area (Å²) < 4.78 is 0. The summed E-state index contributed by atoms with van der Waals surface area (Å²) in [6.07, 6.45) is 5.76. The molecule has 0 aromatic carbocycles. The maximum atomic E-state index is 12.7. The zero-order chi connectivity index (χ0) is 17.1. The minimum atomic E-state index is -0.227. The molecule has 6 heteroatoms. The topological polar surface area (TPSA) is 64.1 Å². The van der Waals surface area contributed by atoms with Crippen molar-refractivity contribution < 1.29 is 14.7 Å². The van der Waals surface area contributed by atoms with Crippen molar-refractivity contribution in [2.45, 2.75) is 57.1 Å². The number of hydrogen-bond acceptors (Lipinski definition) is 4. The van der Waals surface area contributed by atoms with Crippen molar-refractivity contribution in [2.75, 3.05) is 39.8 Å². The Morgan fingerprint density at radius 3 is 2.00 bits per heavy atom. The summed E-state index contributed by atoms with van der Waals surface area (Å²) in [6.45, 7) is 3.82. The van der Waals surface area contributed by atoms with Crippen molar-refractivity contribution >= 4 is 11.8 Å². The van der Waals surface area contributed by atoms with Gasteiger partial charge in [-0.25, -0.2) is 0 Å². The number of aliphatic hydroxyl groups excluding tert-OH is 1. The fraction of sp³-hybridized carbons (Fsp3) is 0.889. The van der Waals surface area contributed by atoms with Gasteiger partial charge < -0.3 is 14.9 Å². The second-order valence-electron chi connectivity index (χ2n) is 7.65. The summed E-state index contributed by atoms with van der Waals surface area (Å²) in [5.41, 5.74) is 0. The molecule has 2 heterocycles. The van der Waals surface area contributed by atoms with E-state index in [1.165, 1.54) is 0 Å². The second kappa shape index (κ2) is 7.83. The summed E-state index contributed by atoms with van der Waals surface area (Å²) in [5.74, 6) is 0.538. The number of carbonyl (C=O) groups excluding carboxylic acids is 2. The van der Waals surface area contributed by atoms with Gasteiger partial charge in [0.25, 0.3) is 0 Å². The molecule has 1 N–H and O–H groups in total. The molecule has 6 nitrogen and oxygen atoms in total. The van der Waals surface area contributed by atoms with E-state index in [0.717, 1.165) is 64.6 Å². The van der Waals surface area contributed by atoms with E-state index in [0.29, 0.717) is 13.1 Å². The van der Waals surface area contributed by atoms with E-state index < -0.39 is 0 Å². The maximum Gasteiger partial charge on any atom is 0.239 e. The van der Waals surface area contributed by atoms with Crippen molar-refractivity contribution in [1.82, 2.24) is 14.7 Å². The van der Waals surface area contributed by atoms with Gasteiger partial charge in [0.05, 0.1) is 12.1 Å². The number of aliphatic hydroxyl groups is 1. The first-order valence-corrected chi connectivity index (χ1v) is 9.52. The molecule has 0 aromatic heterocycles. The minimum absolute atomic E-state index is 0.0343. The van der Waals surface area contributed by atoms with Gasteiger partial charge in [-0.1, -0.05) is 0 Å². The first-order chi connectivity index (χ1) is 11.6. The third-order valence-electron chi connectivity index (χ3n) is 5.97. The van der Waals surface area contributed by atoms with Crippen molar-refractivity contribution in [3.05, 3.63) is 0 Å². The van der Waals surface area contributed by atoms with Gasteiger partial charge in [-0.05, 0) is 58.5 Å². The number of likely N-dealkylation sites (tertiary alicyclic amines) is 1. The van der Waals surface area contributed by atoms with E-state index in [-0.39, 0.29) is 29.9 Å². The Bertz CT molecular complexity index is 462. The highest BCUT2D eigenvalue weighted by molar-refractivity contribution is 5.82. The molecule has 3 rings (SSSR count). The molecule has 0 radical (unpaired) electrons. The predicted molar refractivity (Wildman–Crippen MR) is 91.4 cm³/mol. The average molecular weight is 337 g/mol. The van der Waals surface area contributed by atoms with Crippen molar-refractivity contribution in [2.24, 2.45) is 5.92 Å². The number of hydrogen-bond donors (Lipinski definition) is 1. The van der Waals surface area contributed by atoms with Crippen LogP contribution in [-0.4, -0.2) is 83.5 Å². The van der Waals surface area contributed by atoms with Gasteiger partial charge in [-0.2, -0.15) is 0 Å². The maximum absolute atomic E-state index is 12.7. The Morgan fingerprint density at radius 1 is 0.792 bits per heavy atom. The Labute approximate surface area is 144 Å². The van der Waals surface area contributed by atoms with Crippen LogP contribution in [0.15, 0.2) is 0 Å². The van der Waals surface area contributed by atoms with Crippen LogP contribution in [0, 0.1) is 5.92 Å². The largest absolute Gasteiger partial charge is 0.393 e. The Kier molecular flexibility index (Phi) is 5.76. The van der Waals surface area contributed by atoms with Crippen LogP contribution in [0.2, 0.25) is 0 Å². The lowest BCUT2D eigenvalue weighted by molar-refractivity contribution is -0.138. The van der Waals surface area contributed by atoms with Crippen molar-refractivity contribution in [1.29, 1.82) is 0 Å². The molecule has 3 aliphatic rings. The molecule has 0 aromatic rings. The van der Waals surface area contributed by atoms with E-state index in [1.54, 1.807) is 0 Å². The highest BCUT2D eigenvalue weighted by Crippen LogP contribution is 2.26. The molecule has 1 atom stereocenters. The summed E-state index contributed by atoms with van der Waals surface area (Å²) in [6, 6.07) is 0.0343. The van der Waals surface area contributed by atoms with Gasteiger partial charge in [0, 0.05) is 32.1 Å². The van der Waals surface area contributed by atoms with Crippen molar-refractivity contribution in [3.8, 4) is 0 Å². The zero-order valence-corrected chi connectivity index (χ0v) is 14.8. The van der Waals surface area contributed by atoms with Gasteiger partial charge in [-0.3, -0.25) is 14.5 Å². The summed E-state index contributed by atoms with van der Waals surface area (Å²) in [7, 11) is 2.03. The lowest BCUT2D eigenvalue weighted by Gasteiger charge is -2.30. The molecular weight excluding hydrogens is 306 g/mol. The normalized spacial score (nSPS) is 32.7. The number of rotatable bonds is 2. The van der Waals surface area contributed by atoms with Gasteiger partial charge in [0.1, 0.15) is 0 Å². The van der Waals surface area contributed by atoms with Gasteiger partial charge in [0.15, 0.2) is 0 Å². The number of carbonyl (C=O) groups is 2. The SMILES string of the molecule is CN1CCC[C@H]1C(=O)N1CCCN(C(=O)C2CCC(O)CC2)CC1. The molecule has 3 fully saturated rings. The third-order valence-corrected chi connectivity index (χ3v) is 5.97. The van der Waals surface area contributed by atoms with Crippen LogP contribution in [0.5, 0.6) is 0 Å². The number of likely N-dealkylation sites (N-methyl/N-ethyl adjacent to an activating group) is 1. The highest BCUT2D eigenvalue weighted by atomic mass is 16.3. The standard InChI is InChI=1S/C18H31N3O3/c1-19-9-2-4-16(19)18(24)21-11-3-10-20(12-13-21)17(23)14-5-7-15(22)8-6-14/h14-16,22H,2-13H2,1H3/t14?,15?,16-/m0/s1. The quantitative estimate of drug-likeness (QED) is 0.805. The van der Waals surface area contributed by atoms with Crippen LogP contribution >= 0.6 is 0 Å². The molecule has 1 aliphatic carbocycles. The molecular formula is C18H31N3O3. The van der Waals surface area contributed by atoms with Gasteiger partial charge in [0.2, 0.25) is 11.8 Å². The van der Waals surface area contributed by atoms with Gasteiger partial charge >= 0.3 is 0 Å². The van der Waals surface area contributed by atoms with Crippen LogP contribution in [-0.2, 0) is 9.59 Å². The molecule has 2 aliphatic heterocycles. The van der Waals surface area contributed by atoms with Crippen LogP contribution in [0.4, 0.5) is 0 Å². The Hall–Kier alpha value is -1.14. The Morgan fingerprint density at radius 2 is 1.42 bits per heavy atom. The van der Waals surface area contributed by atoms with Crippen molar-refractivity contribution in [3.63, 3.8) is 0 Å². The number of nitrogens with zero attached hydrogens (tertiary/aromatic N) is 3. The summed E-state index contributed by atoms with van der Waals surface area (Å²) in [5, 5.41) is 9.61. The fourth-order valence-corrected chi connectivity index (χ4v) is 4.37. The lowest BCUT2D eigenvalue weighted by Crippen LogP contribution is -2.46. The van der Waals surface area contributed by atoms with Crippen LogP contribution < -0.4 is 0 Å². The third kappa shape index (κ3) is 3.91. The van der Waals surface area contributed by atoms with E-state index in [9.17, 15) is 14.7 Å². The van der Waals surface area contributed by atoms with E-state index in [1.807, 2.05) is 16.8 Å². The molecule has 136 valence electrons. The highest BCUT2D eigenvalue weighted by Gasteiger charge is 2.34. The minimum Gasteiger partial charge on any atom is -0.393 e. The predicted octanol–water partition coefficient (Wildman–Crippen LogP) is 0.693. The number of amides is 2. The molecule has 2 saturated heterocycles.